The fourth-order valence-corrected chi connectivity index (χ4v) is 4.12. The number of amides is 1. The summed E-state index contributed by atoms with van der Waals surface area (Å²) in [5.41, 5.74) is 1.97. The zero-order valence-corrected chi connectivity index (χ0v) is 17.5. The minimum atomic E-state index is -0.0888. The SMILES string of the molecule is Cc1nc(NC(=O)CSc2nnc(-c3ccccc3)n2CC(C)C)sc1C. The summed E-state index contributed by atoms with van der Waals surface area (Å²) < 4.78 is 2.09. The number of hydrogen-bond acceptors (Lipinski definition) is 6. The first-order valence-electron chi connectivity index (χ1n) is 8.79. The van der Waals surface area contributed by atoms with Crippen LogP contribution in [0.3, 0.4) is 0 Å². The zero-order valence-electron chi connectivity index (χ0n) is 15.9. The number of aryl methyl sites for hydroxylation is 2. The molecule has 1 amide bonds. The van der Waals surface area contributed by atoms with Gasteiger partial charge in [-0.25, -0.2) is 4.98 Å². The smallest absolute Gasteiger partial charge is 0.236 e. The van der Waals surface area contributed by atoms with E-state index in [1.165, 1.54) is 23.1 Å². The van der Waals surface area contributed by atoms with E-state index in [0.29, 0.717) is 11.0 Å². The maximum absolute atomic E-state index is 12.3. The second kappa shape index (κ2) is 8.67. The van der Waals surface area contributed by atoms with Crippen molar-refractivity contribution in [2.75, 3.05) is 11.1 Å². The fraction of sp³-hybridized carbons (Fsp3) is 0.368. The van der Waals surface area contributed by atoms with E-state index in [9.17, 15) is 4.79 Å². The molecule has 0 spiro atoms. The molecule has 3 rings (SSSR count). The molecule has 0 bridgehead atoms. The van der Waals surface area contributed by atoms with Gasteiger partial charge in [0.05, 0.1) is 11.4 Å². The summed E-state index contributed by atoms with van der Waals surface area (Å²) in [7, 11) is 0. The second-order valence-electron chi connectivity index (χ2n) is 6.67. The first kappa shape index (κ1) is 19.6. The molecule has 0 unspecified atom stereocenters. The topological polar surface area (TPSA) is 72.7 Å². The predicted molar refractivity (Wildman–Crippen MR) is 111 cm³/mol. The third-order valence-electron chi connectivity index (χ3n) is 3.90. The van der Waals surface area contributed by atoms with Crippen LogP contribution in [0, 0.1) is 19.8 Å². The molecule has 8 heteroatoms. The van der Waals surface area contributed by atoms with E-state index in [4.69, 9.17) is 0 Å². The highest BCUT2D eigenvalue weighted by molar-refractivity contribution is 7.99. The molecule has 1 aromatic carbocycles. The lowest BCUT2D eigenvalue weighted by molar-refractivity contribution is -0.113. The van der Waals surface area contributed by atoms with Crippen LogP contribution in [0.5, 0.6) is 0 Å². The Morgan fingerprint density at radius 1 is 1.22 bits per heavy atom. The van der Waals surface area contributed by atoms with Gasteiger partial charge >= 0.3 is 0 Å². The van der Waals surface area contributed by atoms with E-state index in [1.54, 1.807) is 0 Å². The lowest BCUT2D eigenvalue weighted by Crippen LogP contribution is -2.15. The summed E-state index contributed by atoms with van der Waals surface area (Å²) in [4.78, 5) is 17.8. The molecule has 3 aromatic rings. The average molecular weight is 402 g/mol. The molecule has 27 heavy (non-hydrogen) atoms. The van der Waals surface area contributed by atoms with E-state index >= 15 is 0 Å². The van der Waals surface area contributed by atoms with Gasteiger partial charge in [0.1, 0.15) is 0 Å². The van der Waals surface area contributed by atoms with E-state index < -0.39 is 0 Å². The molecule has 0 saturated heterocycles. The van der Waals surface area contributed by atoms with E-state index in [0.717, 1.165) is 33.7 Å². The lowest BCUT2D eigenvalue weighted by Gasteiger charge is -2.12. The van der Waals surface area contributed by atoms with Crippen LogP contribution in [-0.2, 0) is 11.3 Å². The van der Waals surface area contributed by atoms with Gasteiger partial charge in [-0.05, 0) is 19.8 Å². The van der Waals surface area contributed by atoms with Gasteiger partial charge in [-0.15, -0.1) is 21.5 Å². The van der Waals surface area contributed by atoms with Crippen molar-refractivity contribution in [3.05, 3.63) is 40.9 Å². The number of thioether (sulfide) groups is 1. The molecule has 0 fully saturated rings. The molecule has 0 aliphatic rings. The van der Waals surface area contributed by atoms with Crippen molar-refractivity contribution in [2.24, 2.45) is 5.92 Å². The van der Waals surface area contributed by atoms with E-state index in [1.807, 2.05) is 44.2 Å². The van der Waals surface area contributed by atoms with Gasteiger partial charge in [-0.2, -0.15) is 0 Å². The molecule has 1 N–H and O–H groups in total. The molecule has 0 aliphatic heterocycles. The number of thiazole rings is 1. The molecule has 6 nitrogen and oxygen atoms in total. The van der Waals surface area contributed by atoms with Crippen molar-refractivity contribution < 1.29 is 4.79 Å². The Balaban J connectivity index is 1.72. The number of nitrogens with one attached hydrogen (secondary N) is 1. The number of carbonyl (C=O) groups is 1. The molecule has 0 atom stereocenters. The predicted octanol–water partition coefficient (Wildman–Crippen LogP) is 4.41. The van der Waals surface area contributed by atoms with Crippen LogP contribution in [-0.4, -0.2) is 31.4 Å². The summed E-state index contributed by atoms with van der Waals surface area (Å²) in [6, 6.07) is 10.0. The van der Waals surface area contributed by atoms with Crippen molar-refractivity contribution in [2.45, 2.75) is 39.4 Å². The van der Waals surface area contributed by atoms with Crippen molar-refractivity contribution in [1.29, 1.82) is 0 Å². The number of benzene rings is 1. The molecule has 0 radical (unpaired) electrons. The highest BCUT2D eigenvalue weighted by Gasteiger charge is 2.17. The third-order valence-corrected chi connectivity index (χ3v) is 5.86. The molecule has 142 valence electrons. The van der Waals surface area contributed by atoms with Gasteiger partial charge in [0.25, 0.3) is 0 Å². The number of nitrogens with zero attached hydrogens (tertiary/aromatic N) is 4. The number of hydrogen-bond donors (Lipinski definition) is 1. The molecular weight excluding hydrogens is 378 g/mol. The summed E-state index contributed by atoms with van der Waals surface area (Å²) >= 11 is 2.89. The summed E-state index contributed by atoms with van der Waals surface area (Å²) in [6.45, 7) is 9.05. The Morgan fingerprint density at radius 3 is 2.59 bits per heavy atom. The summed E-state index contributed by atoms with van der Waals surface area (Å²) in [5.74, 6) is 1.45. The van der Waals surface area contributed by atoms with Gasteiger partial charge in [0.15, 0.2) is 16.1 Å². The summed E-state index contributed by atoms with van der Waals surface area (Å²) in [5, 5.41) is 13.0. The number of carbonyl (C=O) groups excluding carboxylic acids is 1. The van der Waals surface area contributed by atoms with Gasteiger partial charge in [0.2, 0.25) is 5.91 Å². The van der Waals surface area contributed by atoms with Crippen LogP contribution in [0.15, 0.2) is 35.5 Å². The van der Waals surface area contributed by atoms with E-state index in [-0.39, 0.29) is 11.7 Å². The largest absolute Gasteiger partial charge is 0.302 e. The van der Waals surface area contributed by atoms with Crippen LogP contribution in [0.25, 0.3) is 11.4 Å². The van der Waals surface area contributed by atoms with Gasteiger partial charge in [0, 0.05) is 17.0 Å². The zero-order chi connectivity index (χ0) is 19.4. The molecular formula is C19H23N5OS2. The van der Waals surface area contributed by atoms with Crippen molar-refractivity contribution in [1.82, 2.24) is 19.7 Å². The Kier molecular flexibility index (Phi) is 6.28. The van der Waals surface area contributed by atoms with Crippen LogP contribution < -0.4 is 5.32 Å². The Hall–Kier alpha value is -2.19. The Bertz CT molecular complexity index is 898. The highest BCUT2D eigenvalue weighted by atomic mass is 32.2. The maximum Gasteiger partial charge on any atom is 0.236 e. The van der Waals surface area contributed by atoms with Crippen molar-refractivity contribution in [3.8, 4) is 11.4 Å². The molecule has 0 aliphatic carbocycles. The number of anilines is 1. The monoisotopic (exact) mass is 401 g/mol. The first-order valence-corrected chi connectivity index (χ1v) is 10.6. The van der Waals surface area contributed by atoms with Crippen LogP contribution in [0.4, 0.5) is 5.13 Å². The van der Waals surface area contributed by atoms with Crippen LogP contribution in [0.1, 0.15) is 24.4 Å². The van der Waals surface area contributed by atoms with Crippen LogP contribution >= 0.6 is 23.1 Å². The molecule has 2 aromatic heterocycles. The quantitative estimate of drug-likeness (QED) is 0.594. The molecule has 0 saturated carbocycles. The number of rotatable bonds is 7. The van der Waals surface area contributed by atoms with Crippen molar-refractivity contribution in [3.63, 3.8) is 0 Å². The van der Waals surface area contributed by atoms with Crippen molar-refractivity contribution >= 4 is 34.1 Å². The molecule has 2 heterocycles. The average Bonchev–Trinajstić information content (AvgIpc) is 3.16. The van der Waals surface area contributed by atoms with Crippen LogP contribution in [0.2, 0.25) is 0 Å². The third kappa shape index (κ3) is 4.95. The Morgan fingerprint density at radius 2 is 1.96 bits per heavy atom. The first-order chi connectivity index (χ1) is 12.9. The second-order valence-corrected chi connectivity index (χ2v) is 8.82. The lowest BCUT2D eigenvalue weighted by atomic mass is 10.2. The standard InChI is InChI=1S/C19H23N5OS2/c1-12(2)10-24-17(15-8-6-5-7-9-15)22-23-19(24)26-11-16(25)21-18-20-13(3)14(4)27-18/h5-9,12H,10-11H2,1-4H3,(H,20,21,25). The minimum Gasteiger partial charge on any atom is -0.302 e. The normalized spacial score (nSPS) is 11.1. The Labute approximate surface area is 167 Å². The number of aromatic nitrogens is 4. The van der Waals surface area contributed by atoms with Gasteiger partial charge in [-0.1, -0.05) is 55.9 Å². The van der Waals surface area contributed by atoms with Gasteiger partial charge < -0.3 is 9.88 Å². The van der Waals surface area contributed by atoms with E-state index in [2.05, 4.69) is 38.9 Å². The fourth-order valence-electron chi connectivity index (χ4n) is 2.54. The summed E-state index contributed by atoms with van der Waals surface area (Å²) in [6.07, 6.45) is 0. The van der Waals surface area contributed by atoms with Gasteiger partial charge in [-0.3, -0.25) is 4.79 Å². The maximum atomic E-state index is 12.3. The minimum absolute atomic E-state index is 0.0888. The highest BCUT2D eigenvalue weighted by Crippen LogP contribution is 2.26.